The quantitative estimate of drug-likeness (QED) is 0.936. The molecule has 1 atom stereocenters. The number of nitrogens with zero attached hydrogens (tertiary/aromatic N) is 3. The largest absolute Gasteiger partial charge is 0.358 e. The summed E-state index contributed by atoms with van der Waals surface area (Å²) < 4.78 is 1.82. The minimum absolute atomic E-state index is 0.0379. The van der Waals surface area contributed by atoms with Crippen molar-refractivity contribution in [2.45, 2.75) is 25.6 Å². The Kier molecular flexibility index (Phi) is 4.18. The van der Waals surface area contributed by atoms with Gasteiger partial charge in [-0.3, -0.25) is 9.69 Å². The molecule has 2 heterocycles. The number of benzene rings is 1. The highest BCUT2D eigenvalue weighted by Gasteiger charge is 2.31. The topological polar surface area (TPSA) is 61.1 Å². The molecule has 1 aliphatic rings. The lowest BCUT2D eigenvalue weighted by Gasteiger charge is -2.35. The second kappa shape index (κ2) is 6.27. The number of aryl methyl sites for hydroxylation is 1. The lowest BCUT2D eigenvalue weighted by Crippen LogP contribution is -2.49. The first-order chi connectivity index (χ1) is 11.1. The summed E-state index contributed by atoms with van der Waals surface area (Å²) in [7, 11) is 3.54. The van der Waals surface area contributed by atoms with Crippen LogP contribution in [-0.4, -0.2) is 28.5 Å². The van der Waals surface area contributed by atoms with Gasteiger partial charge in [0.25, 0.3) is 0 Å². The molecule has 5 nitrogen and oxygen atoms in total. The number of carbonyl (C=O) groups excluding carboxylic acids is 1. The van der Waals surface area contributed by atoms with Crippen molar-refractivity contribution in [2.24, 2.45) is 7.05 Å². The zero-order valence-electron chi connectivity index (χ0n) is 13.4. The van der Waals surface area contributed by atoms with Crippen LogP contribution in [0.2, 0.25) is 0 Å². The number of rotatable bonds is 3. The Hall–Kier alpha value is -2.58. The molecule has 0 spiro atoms. The summed E-state index contributed by atoms with van der Waals surface area (Å²) >= 11 is 0. The standard InChI is InChI=1S/C18H20N4O/c1-20-18(23)17-8-14-5-3-4-6-15(14)12-22(17)11-13-7-16(9-19)21(2)10-13/h3-7,10,17H,8,11-12H2,1-2H3,(H,20,23). The van der Waals surface area contributed by atoms with Crippen molar-refractivity contribution in [1.82, 2.24) is 14.8 Å². The highest BCUT2D eigenvalue weighted by Crippen LogP contribution is 2.25. The Labute approximate surface area is 136 Å². The average Bonchev–Trinajstić information content (AvgIpc) is 2.93. The van der Waals surface area contributed by atoms with Crippen LogP contribution < -0.4 is 5.32 Å². The van der Waals surface area contributed by atoms with Gasteiger partial charge in [0.2, 0.25) is 5.91 Å². The van der Waals surface area contributed by atoms with Gasteiger partial charge in [-0.2, -0.15) is 5.26 Å². The fraction of sp³-hybridized carbons (Fsp3) is 0.333. The number of aromatic nitrogens is 1. The second-order valence-corrected chi connectivity index (χ2v) is 5.96. The van der Waals surface area contributed by atoms with E-state index in [1.165, 1.54) is 11.1 Å². The molecule has 1 unspecified atom stereocenters. The third-order valence-electron chi connectivity index (χ3n) is 4.46. The monoisotopic (exact) mass is 308 g/mol. The molecule has 0 bridgehead atoms. The molecule has 0 saturated carbocycles. The molecule has 1 aromatic heterocycles. The highest BCUT2D eigenvalue weighted by molar-refractivity contribution is 5.82. The van der Waals surface area contributed by atoms with Crippen LogP contribution in [0.3, 0.4) is 0 Å². The molecule has 0 fully saturated rings. The van der Waals surface area contributed by atoms with Crippen molar-refractivity contribution >= 4 is 5.91 Å². The third-order valence-corrected chi connectivity index (χ3v) is 4.46. The van der Waals surface area contributed by atoms with E-state index in [-0.39, 0.29) is 11.9 Å². The molecule has 3 rings (SSSR count). The van der Waals surface area contributed by atoms with Crippen LogP contribution in [0.5, 0.6) is 0 Å². The first-order valence-corrected chi connectivity index (χ1v) is 7.70. The van der Waals surface area contributed by atoms with E-state index in [4.69, 9.17) is 5.26 Å². The predicted molar refractivity (Wildman–Crippen MR) is 87.4 cm³/mol. The van der Waals surface area contributed by atoms with Gasteiger partial charge in [0, 0.05) is 33.4 Å². The molecule has 1 amide bonds. The highest BCUT2D eigenvalue weighted by atomic mass is 16.2. The number of hydrogen-bond donors (Lipinski definition) is 1. The minimum Gasteiger partial charge on any atom is -0.358 e. The Bertz CT molecular complexity index is 772. The number of likely N-dealkylation sites (N-methyl/N-ethyl adjacent to an activating group) is 1. The molecule has 23 heavy (non-hydrogen) atoms. The summed E-state index contributed by atoms with van der Waals surface area (Å²) in [6.07, 6.45) is 2.67. The first-order valence-electron chi connectivity index (χ1n) is 7.70. The molecular weight excluding hydrogens is 288 g/mol. The van der Waals surface area contributed by atoms with Crippen LogP contribution in [0.25, 0.3) is 0 Å². The number of amides is 1. The van der Waals surface area contributed by atoms with Crippen LogP contribution in [0, 0.1) is 11.3 Å². The molecule has 0 saturated heterocycles. The third kappa shape index (κ3) is 2.99. The normalized spacial score (nSPS) is 17.3. The molecule has 1 aliphatic heterocycles. The van der Waals surface area contributed by atoms with Crippen LogP contribution >= 0.6 is 0 Å². The molecule has 5 heteroatoms. The first kappa shape index (κ1) is 15.3. The van der Waals surface area contributed by atoms with Gasteiger partial charge in [-0.05, 0) is 29.2 Å². The van der Waals surface area contributed by atoms with Crippen LogP contribution in [0.1, 0.15) is 22.4 Å². The van der Waals surface area contributed by atoms with E-state index in [2.05, 4.69) is 28.4 Å². The second-order valence-electron chi connectivity index (χ2n) is 5.96. The SMILES string of the molecule is CNC(=O)C1Cc2ccccc2CN1Cc1cc(C#N)n(C)c1. The van der Waals surface area contributed by atoms with Crippen molar-refractivity contribution in [1.29, 1.82) is 5.26 Å². The van der Waals surface area contributed by atoms with E-state index in [1.807, 2.05) is 36.0 Å². The molecule has 1 aromatic carbocycles. The summed E-state index contributed by atoms with van der Waals surface area (Å²) in [6.45, 7) is 1.40. The van der Waals surface area contributed by atoms with Gasteiger partial charge in [0.05, 0.1) is 6.04 Å². The lowest BCUT2D eigenvalue weighted by molar-refractivity contribution is -0.126. The van der Waals surface area contributed by atoms with Gasteiger partial charge in [0.15, 0.2) is 0 Å². The zero-order chi connectivity index (χ0) is 16.4. The van der Waals surface area contributed by atoms with Crippen LogP contribution in [-0.2, 0) is 31.4 Å². The van der Waals surface area contributed by atoms with E-state index < -0.39 is 0 Å². The fourth-order valence-corrected chi connectivity index (χ4v) is 3.23. The van der Waals surface area contributed by atoms with Crippen molar-refractivity contribution in [2.75, 3.05) is 7.05 Å². The van der Waals surface area contributed by atoms with E-state index in [1.54, 1.807) is 7.05 Å². The maximum absolute atomic E-state index is 12.3. The Balaban J connectivity index is 1.88. The zero-order valence-corrected chi connectivity index (χ0v) is 13.4. The van der Waals surface area contributed by atoms with Gasteiger partial charge >= 0.3 is 0 Å². The van der Waals surface area contributed by atoms with Crippen molar-refractivity contribution in [3.63, 3.8) is 0 Å². The summed E-state index contributed by atoms with van der Waals surface area (Å²) in [5.74, 6) is 0.0379. The van der Waals surface area contributed by atoms with E-state index in [9.17, 15) is 4.79 Å². The summed E-state index contributed by atoms with van der Waals surface area (Å²) in [4.78, 5) is 14.5. The maximum Gasteiger partial charge on any atom is 0.237 e. The Morgan fingerprint density at radius 1 is 1.39 bits per heavy atom. The number of nitrogens with one attached hydrogen (secondary N) is 1. The smallest absolute Gasteiger partial charge is 0.237 e. The average molecular weight is 308 g/mol. The Morgan fingerprint density at radius 3 is 2.78 bits per heavy atom. The van der Waals surface area contributed by atoms with Gasteiger partial charge in [-0.25, -0.2) is 0 Å². The van der Waals surface area contributed by atoms with Gasteiger partial charge in [-0.15, -0.1) is 0 Å². The number of nitriles is 1. The number of carbonyl (C=O) groups is 1. The molecule has 2 aromatic rings. The molecule has 0 radical (unpaired) electrons. The minimum atomic E-state index is -0.180. The molecular formula is C18H20N4O. The maximum atomic E-state index is 12.3. The summed E-state index contributed by atoms with van der Waals surface area (Å²) in [5, 5.41) is 11.9. The van der Waals surface area contributed by atoms with E-state index >= 15 is 0 Å². The van der Waals surface area contributed by atoms with E-state index in [0.29, 0.717) is 18.7 Å². The molecule has 0 aliphatic carbocycles. The number of hydrogen-bond acceptors (Lipinski definition) is 3. The summed E-state index contributed by atoms with van der Waals surface area (Å²) in [6, 6.07) is 12.2. The lowest BCUT2D eigenvalue weighted by atomic mass is 9.93. The van der Waals surface area contributed by atoms with E-state index in [0.717, 1.165) is 12.1 Å². The molecule has 118 valence electrons. The van der Waals surface area contributed by atoms with Crippen molar-refractivity contribution in [3.8, 4) is 6.07 Å². The number of fused-ring (bicyclic) bond motifs is 1. The van der Waals surface area contributed by atoms with Crippen molar-refractivity contribution < 1.29 is 4.79 Å². The van der Waals surface area contributed by atoms with Gasteiger partial charge in [0.1, 0.15) is 11.8 Å². The van der Waals surface area contributed by atoms with Gasteiger partial charge < -0.3 is 9.88 Å². The Morgan fingerprint density at radius 2 is 2.13 bits per heavy atom. The summed E-state index contributed by atoms with van der Waals surface area (Å²) in [5.41, 5.74) is 4.19. The van der Waals surface area contributed by atoms with Gasteiger partial charge in [-0.1, -0.05) is 24.3 Å². The predicted octanol–water partition coefficient (Wildman–Crippen LogP) is 1.57. The van der Waals surface area contributed by atoms with Crippen LogP contribution in [0.4, 0.5) is 0 Å². The van der Waals surface area contributed by atoms with Crippen LogP contribution in [0.15, 0.2) is 36.5 Å². The fourth-order valence-electron chi connectivity index (χ4n) is 3.23. The molecule has 1 N–H and O–H groups in total. The van der Waals surface area contributed by atoms with Crippen molar-refractivity contribution in [3.05, 3.63) is 58.9 Å².